The van der Waals surface area contributed by atoms with Gasteiger partial charge >= 0.3 is 0 Å². The molecule has 1 N–H and O–H groups in total. The number of piperidine rings is 1. The summed E-state index contributed by atoms with van der Waals surface area (Å²) in [5, 5.41) is 3.38. The third-order valence-electron chi connectivity index (χ3n) is 6.72. The van der Waals surface area contributed by atoms with Gasteiger partial charge in [-0.1, -0.05) is 18.9 Å². The Kier molecular flexibility index (Phi) is 3.08. The van der Waals surface area contributed by atoms with Crippen molar-refractivity contribution < 1.29 is 0 Å². The van der Waals surface area contributed by atoms with Gasteiger partial charge in [0, 0.05) is 24.2 Å². The molecule has 21 heavy (non-hydrogen) atoms. The van der Waals surface area contributed by atoms with E-state index in [-0.39, 0.29) is 0 Å². The Bertz CT molecular complexity index is 565. The summed E-state index contributed by atoms with van der Waals surface area (Å²) in [4.78, 5) is 2.65. The van der Waals surface area contributed by atoms with Gasteiger partial charge < -0.3 is 10.2 Å². The molecule has 1 aliphatic heterocycles. The van der Waals surface area contributed by atoms with Crippen molar-refractivity contribution in [3.8, 4) is 0 Å². The molecule has 1 saturated heterocycles. The van der Waals surface area contributed by atoms with Gasteiger partial charge in [-0.05, 0) is 74.9 Å². The number of hydrogen-bond donors (Lipinski definition) is 1. The first-order chi connectivity index (χ1) is 10.2. The average Bonchev–Trinajstić information content (AvgIpc) is 2.51. The molecule has 2 nitrogen and oxygen atoms in total. The van der Waals surface area contributed by atoms with Crippen molar-refractivity contribution in [3.63, 3.8) is 0 Å². The Morgan fingerprint density at radius 1 is 1.24 bits per heavy atom. The fraction of sp³-hybridized carbons (Fsp3) is 0.684. The summed E-state index contributed by atoms with van der Waals surface area (Å²) in [6.07, 6.45) is 8.37. The number of fused-ring (bicyclic) bond motifs is 1. The second-order valence-electron chi connectivity index (χ2n) is 7.58. The van der Waals surface area contributed by atoms with Gasteiger partial charge in [-0.2, -0.15) is 0 Å². The number of hydrogen-bond acceptors (Lipinski definition) is 2. The molecule has 1 heterocycles. The molecule has 2 bridgehead atoms. The van der Waals surface area contributed by atoms with Crippen molar-refractivity contribution >= 4 is 5.69 Å². The van der Waals surface area contributed by atoms with Crippen LogP contribution in [0.25, 0.3) is 0 Å². The zero-order valence-electron chi connectivity index (χ0n) is 13.7. The van der Waals surface area contributed by atoms with Crippen molar-refractivity contribution in [2.45, 2.75) is 56.9 Å². The van der Waals surface area contributed by atoms with Crippen LogP contribution in [0.5, 0.6) is 0 Å². The summed E-state index contributed by atoms with van der Waals surface area (Å²) in [7, 11) is 4.40. The summed E-state index contributed by atoms with van der Waals surface area (Å²) < 4.78 is 0. The first-order valence-corrected chi connectivity index (χ1v) is 8.68. The zero-order valence-corrected chi connectivity index (χ0v) is 13.7. The van der Waals surface area contributed by atoms with Crippen LogP contribution in [0.2, 0.25) is 0 Å². The molecule has 2 heteroatoms. The number of likely N-dealkylation sites (N-methyl/N-ethyl adjacent to an activating group) is 1. The van der Waals surface area contributed by atoms with Crippen molar-refractivity contribution in [2.75, 3.05) is 26.0 Å². The largest absolute Gasteiger partial charge is 0.388 e. The van der Waals surface area contributed by atoms with Crippen LogP contribution in [0, 0.1) is 12.8 Å². The highest BCUT2D eigenvalue weighted by Gasteiger charge is 2.53. The van der Waals surface area contributed by atoms with Gasteiger partial charge in [-0.15, -0.1) is 0 Å². The summed E-state index contributed by atoms with van der Waals surface area (Å²) in [5.41, 5.74) is 6.58. The van der Waals surface area contributed by atoms with E-state index in [0.29, 0.717) is 5.41 Å². The quantitative estimate of drug-likeness (QED) is 0.845. The van der Waals surface area contributed by atoms with Crippen LogP contribution in [0.15, 0.2) is 12.1 Å². The highest BCUT2D eigenvalue weighted by atomic mass is 15.1. The molecule has 1 saturated carbocycles. The highest BCUT2D eigenvalue weighted by molar-refractivity contribution is 5.58. The predicted octanol–water partition coefficient (Wildman–Crippen LogP) is 3.72. The molecule has 3 atom stereocenters. The predicted molar refractivity (Wildman–Crippen MR) is 89.1 cm³/mol. The van der Waals surface area contributed by atoms with E-state index in [9.17, 15) is 0 Å². The van der Waals surface area contributed by atoms with E-state index in [1.165, 1.54) is 56.3 Å². The first kappa shape index (κ1) is 13.6. The van der Waals surface area contributed by atoms with Gasteiger partial charge in [0.15, 0.2) is 0 Å². The van der Waals surface area contributed by atoms with E-state index < -0.39 is 0 Å². The van der Waals surface area contributed by atoms with Crippen molar-refractivity contribution in [1.29, 1.82) is 0 Å². The van der Waals surface area contributed by atoms with Gasteiger partial charge in [0.05, 0.1) is 0 Å². The summed E-state index contributed by atoms with van der Waals surface area (Å²) in [5.74, 6) is 0.900. The Hall–Kier alpha value is -1.02. The maximum atomic E-state index is 3.38. The number of anilines is 1. The highest BCUT2D eigenvalue weighted by Crippen LogP contribution is 2.55. The van der Waals surface area contributed by atoms with Crippen molar-refractivity contribution in [2.24, 2.45) is 5.92 Å². The van der Waals surface area contributed by atoms with Gasteiger partial charge in [0.1, 0.15) is 0 Å². The van der Waals surface area contributed by atoms with Crippen molar-refractivity contribution in [3.05, 3.63) is 28.8 Å². The second-order valence-corrected chi connectivity index (χ2v) is 7.58. The smallest absolute Gasteiger partial charge is 0.0370 e. The molecule has 4 rings (SSSR count). The Labute approximate surface area is 128 Å². The average molecular weight is 284 g/mol. The maximum absolute atomic E-state index is 3.38. The number of likely N-dealkylation sites (tertiary alicyclic amines) is 1. The van der Waals surface area contributed by atoms with E-state index in [4.69, 9.17) is 0 Å². The van der Waals surface area contributed by atoms with Gasteiger partial charge in [0.25, 0.3) is 0 Å². The molecular weight excluding hydrogens is 256 g/mol. The zero-order chi connectivity index (χ0) is 14.6. The van der Waals surface area contributed by atoms with E-state index in [2.05, 4.69) is 36.3 Å². The minimum Gasteiger partial charge on any atom is -0.388 e. The van der Waals surface area contributed by atoms with E-state index >= 15 is 0 Å². The molecule has 3 aliphatic rings. The standard InChI is InChI=1S/C19H28N2/c1-13-10-16-14(11-17(13)20-2)12-18-15-6-4-5-7-19(15,16)8-9-21(18)3/h10-11,15,18,20H,4-9,12H2,1-3H3/t15-,18+,19+/m1/s1. The molecule has 1 aromatic rings. The van der Waals surface area contributed by atoms with Crippen LogP contribution in [-0.4, -0.2) is 31.6 Å². The van der Waals surface area contributed by atoms with Crippen LogP contribution in [0.1, 0.15) is 48.8 Å². The normalized spacial score (nSPS) is 35.0. The number of benzene rings is 1. The summed E-state index contributed by atoms with van der Waals surface area (Å²) in [6, 6.07) is 5.75. The van der Waals surface area contributed by atoms with E-state index in [1.54, 1.807) is 11.1 Å². The summed E-state index contributed by atoms with van der Waals surface area (Å²) >= 11 is 0. The molecular formula is C19H28N2. The lowest BCUT2D eigenvalue weighted by molar-refractivity contribution is 0.00285. The Morgan fingerprint density at radius 3 is 2.90 bits per heavy atom. The molecule has 0 spiro atoms. The van der Waals surface area contributed by atoms with Gasteiger partial charge in [-0.25, -0.2) is 0 Å². The second kappa shape index (κ2) is 4.74. The number of nitrogens with one attached hydrogen (secondary N) is 1. The maximum Gasteiger partial charge on any atom is 0.0370 e. The Balaban J connectivity index is 1.89. The van der Waals surface area contributed by atoms with Crippen LogP contribution in [0.4, 0.5) is 5.69 Å². The third-order valence-corrected chi connectivity index (χ3v) is 6.72. The van der Waals surface area contributed by atoms with Gasteiger partial charge in [-0.3, -0.25) is 0 Å². The minimum absolute atomic E-state index is 0.500. The van der Waals surface area contributed by atoms with Crippen molar-refractivity contribution in [1.82, 2.24) is 4.90 Å². The lowest BCUT2D eigenvalue weighted by atomic mass is 9.52. The molecule has 0 unspecified atom stereocenters. The monoisotopic (exact) mass is 284 g/mol. The third kappa shape index (κ3) is 1.81. The fourth-order valence-electron chi connectivity index (χ4n) is 5.63. The number of aryl methyl sites for hydroxylation is 1. The van der Waals surface area contributed by atoms with Crippen LogP contribution >= 0.6 is 0 Å². The SMILES string of the molecule is CNc1cc2c(cc1C)[C@]13CCCC[C@@H]1[C@H](C2)N(C)CC3. The van der Waals surface area contributed by atoms with Crippen LogP contribution in [-0.2, 0) is 11.8 Å². The van der Waals surface area contributed by atoms with E-state index in [0.717, 1.165) is 12.0 Å². The number of rotatable bonds is 1. The molecule has 114 valence electrons. The number of nitrogens with zero attached hydrogens (tertiary/aromatic N) is 1. The molecule has 0 aromatic heterocycles. The van der Waals surface area contributed by atoms with E-state index in [1.807, 2.05) is 7.05 Å². The lowest BCUT2D eigenvalue weighted by Crippen LogP contribution is -2.59. The molecule has 2 aliphatic carbocycles. The molecule has 0 radical (unpaired) electrons. The van der Waals surface area contributed by atoms with Crippen LogP contribution in [0.3, 0.4) is 0 Å². The van der Waals surface area contributed by atoms with Crippen LogP contribution < -0.4 is 5.32 Å². The minimum atomic E-state index is 0.500. The first-order valence-electron chi connectivity index (χ1n) is 8.68. The summed E-state index contributed by atoms with van der Waals surface area (Å²) in [6.45, 7) is 3.55. The molecule has 1 aromatic carbocycles. The lowest BCUT2D eigenvalue weighted by Gasteiger charge is -2.58. The van der Waals surface area contributed by atoms with Gasteiger partial charge in [0.2, 0.25) is 0 Å². The fourth-order valence-corrected chi connectivity index (χ4v) is 5.63. The topological polar surface area (TPSA) is 15.3 Å². The molecule has 2 fully saturated rings. The Morgan fingerprint density at radius 2 is 2.10 bits per heavy atom. The molecule has 0 amide bonds.